The number of hydrazone groups is 1. The minimum atomic E-state index is -3.54. The summed E-state index contributed by atoms with van der Waals surface area (Å²) < 4.78 is 37.4. The quantitative estimate of drug-likeness (QED) is 0.378. The zero-order valence-corrected chi connectivity index (χ0v) is 16.1. The third kappa shape index (κ3) is 5.49. The zero-order valence-electron chi connectivity index (χ0n) is 15.2. The van der Waals surface area contributed by atoms with E-state index in [1.807, 2.05) is 31.2 Å². The fraction of sp³-hybridized carbons (Fsp3) is 0.316. The van der Waals surface area contributed by atoms with Crippen LogP contribution in [0.3, 0.4) is 0 Å². The number of halogens is 1. The molecule has 0 aliphatic carbocycles. The smallest absolute Gasteiger partial charge is 0.307 e. The van der Waals surface area contributed by atoms with Gasteiger partial charge in [0, 0.05) is 0 Å². The molecule has 26 heavy (non-hydrogen) atoms. The van der Waals surface area contributed by atoms with Gasteiger partial charge in [-0.05, 0) is 44.0 Å². The van der Waals surface area contributed by atoms with Crippen molar-refractivity contribution >= 4 is 13.8 Å². The number of nitrogens with zero attached hydrogens (tertiary/aromatic N) is 1. The van der Waals surface area contributed by atoms with Crippen molar-refractivity contribution in [3.63, 3.8) is 0 Å². The lowest BCUT2D eigenvalue weighted by atomic mass is 10.2. The number of nitrogens with one attached hydrogen (secondary N) is 1. The summed E-state index contributed by atoms with van der Waals surface area (Å²) in [5.74, 6) is -1.22. The van der Waals surface area contributed by atoms with E-state index < -0.39 is 13.4 Å². The van der Waals surface area contributed by atoms with Crippen molar-refractivity contribution in [2.24, 2.45) is 5.10 Å². The summed E-state index contributed by atoms with van der Waals surface area (Å²) in [7, 11) is -3.54. The van der Waals surface area contributed by atoms with Gasteiger partial charge in [0.15, 0.2) is 5.78 Å². The highest BCUT2D eigenvalue weighted by molar-refractivity contribution is 7.54. The summed E-state index contributed by atoms with van der Waals surface area (Å²) >= 11 is 0. The molecule has 0 saturated carbocycles. The molecular formula is C19H24FN2O3P. The van der Waals surface area contributed by atoms with Crippen LogP contribution in [-0.4, -0.2) is 19.4 Å². The number of benzene rings is 2. The number of aryl methyl sites for hydroxylation is 1. The van der Waals surface area contributed by atoms with Crippen molar-refractivity contribution in [1.82, 2.24) is 5.43 Å². The van der Waals surface area contributed by atoms with E-state index in [2.05, 4.69) is 10.5 Å². The second kappa shape index (κ2) is 9.62. The molecule has 0 heterocycles. The maximum Gasteiger partial charge on any atom is 0.358 e. The molecule has 2 rings (SSSR count). The van der Waals surface area contributed by atoms with E-state index in [9.17, 15) is 8.96 Å². The Hall–Kier alpha value is -2.01. The molecular weight excluding hydrogens is 354 g/mol. The van der Waals surface area contributed by atoms with Crippen LogP contribution in [0.5, 0.6) is 0 Å². The number of rotatable bonds is 9. The summed E-state index contributed by atoms with van der Waals surface area (Å²) in [4.78, 5) is 0. The number of hydrogen-bond acceptors (Lipinski definition) is 5. The van der Waals surface area contributed by atoms with E-state index in [0.29, 0.717) is 5.56 Å². The first kappa shape index (κ1) is 20.3. The first-order valence-electron chi connectivity index (χ1n) is 8.48. The molecule has 0 fully saturated rings. The van der Waals surface area contributed by atoms with E-state index in [1.165, 1.54) is 12.1 Å². The van der Waals surface area contributed by atoms with Crippen LogP contribution in [0.15, 0.2) is 53.6 Å². The van der Waals surface area contributed by atoms with E-state index in [1.54, 1.807) is 32.2 Å². The van der Waals surface area contributed by atoms with Gasteiger partial charge in [0.2, 0.25) is 0 Å². The Balaban J connectivity index is 2.28. The Morgan fingerprint density at radius 3 is 2.19 bits per heavy atom. The monoisotopic (exact) mass is 378 g/mol. The molecule has 7 heteroatoms. The molecule has 2 aromatic rings. The average Bonchev–Trinajstić information content (AvgIpc) is 2.62. The highest BCUT2D eigenvalue weighted by Gasteiger charge is 2.37. The van der Waals surface area contributed by atoms with E-state index in [4.69, 9.17) is 9.05 Å². The second-order valence-electron chi connectivity index (χ2n) is 5.63. The maximum absolute atomic E-state index is 13.3. The lowest BCUT2D eigenvalue weighted by molar-refractivity contribution is 0.208. The van der Waals surface area contributed by atoms with Crippen molar-refractivity contribution in [2.45, 2.75) is 26.6 Å². The molecule has 0 spiro atoms. The number of hydrogen-bond donors (Lipinski definition) is 1. The lowest BCUT2D eigenvalue weighted by Gasteiger charge is -2.26. The molecule has 0 saturated heterocycles. The summed E-state index contributed by atoms with van der Waals surface area (Å²) in [5.41, 5.74) is 5.47. The molecule has 0 radical (unpaired) electrons. The minimum Gasteiger partial charge on any atom is -0.307 e. The standard InChI is InChI=1S/C19H24FN2O3P/c1-4-24-26(23,25-5-2)19(17-10-12-18(20)13-11-17)22-21-14-16-8-6-15(3)7-9-16/h6-14,19,22H,4-5H2,1-3H3/b21-14+. The molecule has 0 amide bonds. The Kier molecular flexibility index (Phi) is 7.51. The molecule has 1 N–H and O–H groups in total. The fourth-order valence-corrected chi connectivity index (χ4v) is 4.19. The molecule has 5 nitrogen and oxygen atoms in total. The summed E-state index contributed by atoms with van der Waals surface area (Å²) in [6, 6.07) is 13.5. The predicted molar refractivity (Wildman–Crippen MR) is 102 cm³/mol. The van der Waals surface area contributed by atoms with E-state index >= 15 is 0 Å². The van der Waals surface area contributed by atoms with Crippen LogP contribution < -0.4 is 5.43 Å². The van der Waals surface area contributed by atoms with Crippen LogP contribution in [0.2, 0.25) is 0 Å². The topological polar surface area (TPSA) is 59.9 Å². The van der Waals surface area contributed by atoms with Crippen LogP contribution >= 0.6 is 7.60 Å². The third-order valence-electron chi connectivity index (χ3n) is 3.61. The van der Waals surface area contributed by atoms with Gasteiger partial charge >= 0.3 is 7.60 Å². The van der Waals surface area contributed by atoms with Crippen LogP contribution in [-0.2, 0) is 13.6 Å². The van der Waals surface area contributed by atoms with Gasteiger partial charge in [-0.25, -0.2) is 4.39 Å². The highest BCUT2D eigenvalue weighted by Crippen LogP contribution is 2.59. The highest BCUT2D eigenvalue weighted by atomic mass is 31.2. The van der Waals surface area contributed by atoms with Gasteiger partial charge in [-0.15, -0.1) is 0 Å². The Labute approximate surface area is 153 Å². The normalized spacial score (nSPS) is 13.1. The fourth-order valence-electron chi connectivity index (χ4n) is 2.35. The first-order valence-corrected chi connectivity index (χ1v) is 10.1. The van der Waals surface area contributed by atoms with Gasteiger partial charge in [-0.2, -0.15) is 5.10 Å². The minimum absolute atomic E-state index is 0.221. The molecule has 2 aromatic carbocycles. The van der Waals surface area contributed by atoms with Crippen LogP contribution in [0.25, 0.3) is 0 Å². The predicted octanol–water partition coefficient (Wildman–Crippen LogP) is 5.02. The third-order valence-corrected chi connectivity index (χ3v) is 5.89. The average molecular weight is 378 g/mol. The van der Waals surface area contributed by atoms with Gasteiger partial charge in [0.05, 0.1) is 19.4 Å². The van der Waals surface area contributed by atoms with E-state index in [0.717, 1.165) is 11.1 Å². The molecule has 0 aliphatic heterocycles. The molecule has 0 bridgehead atoms. The Morgan fingerprint density at radius 1 is 1.08 bits per heavy atom. The second-order valence-corrected chi connectivity index (χ2v) is 7.74. The van der Waals surface area contributed by atoms with Crippen LogP contribution in [0.4, 0.5) is 4.39 Å². The van der Waals surface area contributed by atoms with Crippen molar-refractivity contribution < 1.29 is 18.0 Å². The molecule has 0 aromatic heterocycles. The summed E-state index contributed by atoms with van der Waals surface area (Å²) in [5, 5.41) is 4.20. The molecule has 0 aliphatic rings. The molecule has 140 valence electrons. The van der Waals surface area contributed by atoms with E-state index in [-0.39, 0.29) is 19.0 Å². The van der Waals surface area contributed by atoms with Gasteiger partial charge in [0.25, 0.3) is 0 Å². The van der Waals surface area contributed by atoms with Gasteiger partial charge < -0.3 is 9.05 Å². The zero-order chi connectivity index (χ0) is 19.0. The Bertz CT molecular complexity index is 753. The molecule has 1 unspecified atom stereocenters. The summed E-state index contributed by atoms with van der Waals surface area (Å²) in [6.07, 6.45) is 1.62. The van der Waals surface area contributed by atoms with Gasteiger partial charge in [-0.3, -0.25) is 9.99 Å². The maximum atomic E-state index is 13.3. The lowest BCUT2D eigenvalue weighted by Crippen LogP contribution is -2.19. The molecule has 1 atom stereocenters. The first-order chi connectivity index (χ1) is 12.5. The Morgan fingerprint density at radius 2 is 1.65 bits per heavy atom. The van der Waals surface area contributed by atoms with Gasteiger partial charge in [0.1, 0.15) is 5.82 Å². The van der Waals surface area contributed by atoms with Crippen molar-refractivity contribution in [3.05, 3.63) is 71.0 Å². The van der Waals surface area contributed by atoms with Crippen molar-refractivity contribution in [2.75, 3.05) is 13.2 Å². The van der Waals surface area contributed by atoms with Crippen molar-refractivity contribution in [3.8, 4) is 0 Å². The van der Waals surface area contributed by atoms with Crippen molar-refractivity contribution in [1.29, 1.82) is 0 Å². The van der Waals surface area contributed by atoms with Gasteiger partial charge in [-0.1, -0.05) is 42.0 Å². The van der Waals surface area contributed by atoms with Crippen LogP contribution in [0, 0.1) is 12.7 Å². The van der Waals surface area contributed by atoms with Crippen LogP contribution in [0.1, 0.15) is 36.3 Å². The SMILES string of the molecule is CCOP(=O)(OCC)C(N/N=C/c1ccc(C)cc1)c1ccc(F)cc1. The summed E-state index contributed by atoms with van der Waals surface area (Å²) in [6.45, 7) is 5.92. The largest absolute Gasteiger partial charge is 0.358 e.